The summed E-state index contributed by atoms with van der Waals surface area (Å²) in [5.41, 5.74) is 3.71. The van der Waals surface area contributed by atoms with Crippen LogP contribution in [-0.2, 0) is 0 Å². The van der Waals surface area contributed by atoms with E-state index in [1.807, 2.05) is 59.6 Å². The molecule has 2 aliphatic rings. The third kappa shape index (κ3) is 3.04. The highest BCUT2D eigenvalue weighted by Gasteiger charge is 2.41. The molecule has 0 saturated carbocycles. The van der Waals surface area contributed by atoms with E-state index < -0.39 is 6.23 Å². The van der Waals surface area contributed by atoms with Crippen molar-refractivity contribution in [3.63, 3.8) is 0 Å². The fourth-order valence-electron chi connectivity index (χ4n) is 3.98. The lowest BCUT2D eigenvalue weighted by atomic mass is 9.95. The smallest absolute Gasteiger partial charge is 0.270 e. The van der Waals surface area contributed by atoms with E-state index in [-0.39, 0.29) is 16.7 Å². The zero-order valence-corrected chi connectivity index (χ0v) is 16.3. The molecule has 7 nitrogen and oxygen atoms in total. The number of hydrogen-bond donors (Lipinski definition) is 0. The lowest BCUT2D eigenvalue weighted by Crippen LogP contribution is -2.33. The minimum Gasteiger partial charge on any atom is -0.497 e. The van der Waals surface area contributed by atoms with Crippen LogP contribution in [0.1, 0.15) is 35.4 Å². The Balaban J connectivity index is 1.58. The fraction of sp³-hybridized carbons (Fsp3) is 0.174. The molecule has 2 heterocycles. The van der Waals surface area contributed by atoms with Gasteiger partial charge in [0.15, 0.2) is 0 Å². The van der Waals surface area contributed by atoms with Crippen LogP contribution in [0.3, 0.4) is 0 Å². The zero-order valence-electron chi connectivity index (χ0n) is 16.3. The van der Waals surface area contributed by atoms with Gasteiger partial charge in [-0.25, -0.2) is 5.01 Å². The van der Waals surface area contributed by atoms with Gasteiger partial charge in [-0.2, -0.15) is 5.10 Å². The van der Waals surface area contributed by atoms with E-state index in [4.69, 9.17) is 14.6 Å². The van der Waals surface area contributed by atoms with E-state index in [1.54, 1.807) is 19.2 Å². The molecular weight excluding hydrogens is 382 g/mol. The summed E-state index contributed by atoms with van der Waals surface area (Å²) in [4.78, 5) is 10.9. The second kappa shape index (κ2) is 7.18. The standard InChI is InChI=1S/C23H19N3O4/c1-29-18-10-7-15(8-11-18)20-14-21-19-13-17(26(27)28)9-12-22(19)30-23(25(21)24-20)16-5-3-2-4-6-16/h2-13,21,23H,14H2,1H3/t21-,23-/m0/s1. The Morgan fingerprint density at radius 2 is 1.87 bits per heavy atom. The number of methoxy groups -OCH3 is 1. The number of nitrogens with zero attached hydrogens (tertiary/aromatic N) is 3. The maximum Gasteiger partial charge on any atom is 0.270 e. The van der Waals surface area contributed by atoms with E-state index in [9.17, 15) is 10.1 Å². The Morgan fingerprint density at radius 3 is 2.57 bits per heavy atom. The molecule has 0 fully saturated rings. The Hall–Kier alpha value is -3.87. The summed E-state index contributed by atoms with van der Waals surface area (Å²) in [7, 11) is 1.63. The number of fused-ring (bicyclic) bond motifs is 3. The van der Waals surface area contributed by atoms with Crippen LogP contribution in [-0.4, -0.2) is 22.8 Å². The number of rotatable bonds is 4. The Labute approximate surface area is 173 Å². The summed E-state index contributed by atoms with van der Waals surface area (Å²) in [5, 5.41) is 18.1. The molecule has 0 N–H and O–H groups in total. The van der Waals surface area contributed by atoms with Gasteiger partial charge < -0.3 is 9.47 Å². The minimum absolute atomic E-state index is 0.0494. The first-order chi connectivity index (χ1) is 14.6. The van der Waals surface area contributed by atoms with Gasteiger partial charge in [0, 0.05) is 29.7 Å². The van der Waals surface area contributed by atoms with Crippen LogP contribution in [0.25, 0.3) is 0 Å². The van der Waals surface area contributed by atoms with E-state index in [1.165, 1.54) is 6.07 Å². The van der Waals surface area contributed by atoms with Gasteiger partial charge in [-0.15, -0.1) is 0 Å². The summed E-state index contributed by atoms with van der Waals surface area (Å²) in [6.45, 7) is 0. The van der Waals surface area contributed by atoms with Crippen LogP contribution in [0, 0.1) is 10.1 Å². The molecular formula is C23H19N3O4. The van der Waals surface area contributed by atoms with Gasteiger partial charge >= 0.3 is 0 Å². The highest BCUT2D eigenvalue weighted by atomic mass is 16.6. The van der Waals surface area contributed by atoms with Crippen molar-refractivity contribution in [2.24, 2.45) is 5.10 Å². The fourth-order valence-corrected chi connectivity index (χ4v) is 3.98. The van der Waals surface area contributed by atoms with Crippen LogP contribution in [0.2, 0.25) is 0 Å². The van der Waals surface area contributed by atoms with Gasteiger partial charge in [0.2, 0.25) is 6.23 Å². The quantitative estimate of drug-likeness (QED) is 0.462. The lowest BCUT2D eigenvalue weighted by Gasteiger charge is -2.38. The number of non-ortho nitro benzene ring substituents is 1. The average molecular weight is 401 g/mol. The molecule has 0 saturated heterocycles. The third-order valence-corrected chi connectivity index (χ3v) is 5.49. The number of nitro groups is 1. The van der Waals surface area contributed by atoms with Gasteiger partial charge in [-0.3, -0.25) is 10.1 Å². The average Bonchev–Trinajstić information content (AvgIpc) is 3.24. The van der Waals surface area contributed by atoms with Crippen molar-refractivity contribution >= 4 is 11.4 Å². The second-order valence-corrected chi connectivity index (χ2v) is 7.24. The van der Waals surface area contributed by atoms with Crippen molar-refractivity contribution < 1.29 is 14.4 Å². The highest BCUT2D eigenvalue weighted by molar-refractivity contribution is 6.02. The maximum absolute atomic E-state index is 11.3. The van der Waals surface area contributed by atoms with Gasteiger partial charge in [-0.1, -0.05) is 30.3 Å². The molecule has 3 aromatic rings. The van der Waals surface area contributed by atoms with E-state index >= 15 is 0 Å². The van der Waals surface area contributed by atoms with Gasteiger partial charge in [-0.05, 0) is 35.9 Å². The summed E-state index contributed by atoms with van der Waals surface area (Å²) in [6, 6.07) is 22.3. The molecule has 0 amide bonds. The first kappa shape index (κ1) is 18.2. The molecule has 3 aromatic carbocycles. The molecule has 0 spiro atoms. The zero-order chi connectivity index (χ0) is 20.7. The molecule has 0 bridgehead atoms. The highest BCUT2D eigenvalue weighted by Crippen LogP contribution is 2.48. The van der Waals surface area contributed by atoms with Crippen molar-refractivity contribution in [1.29, 1.82) is 0 Å². The molecule has 150 valence electrons. The molecule has 0 aliphatic carbocycles. The largest absolute Gasteiger partial charge is 0.497 e. The minimum atomic E-state index is -0.402. The predicted octanol–water partition coefficient (Wildman–Crippen LogP) is 4.85. The predicted molar refractivity (Wildman–Crippen MR) is 112 cm³/mol. The molecule has 5 rings (SSSR count). The third-order valence-electron chi connectivity index (χ3n) is 5.49. The number of hydrazone groups is 1. The van der Waals surface area contributed by atoms with Crippen LogP contribution in [0.5, 0.6) is 11.5 Å². The Bertz CT molecular complexity index is 1130. The summed E-state index contributed by atoms with van der Waals surface area (Å²) in [5.74, 6) is 1.43. The van der Waals surface area contributed by atoms with Gasteiger partial charge in [0.25, 0.3) is 5.69 Å². The maximum atomic E-state index is 11.3. The molecule has 0 aromatic heterocycles. The van der Waals surface area contributed by atoms with Crippen LogP contribution >= 0.6 is 0 Å². The normalized spacial score (nSPS) is 19.4. The summed E-state index contributed by atoms with van der Waals surface area (Å²) in [6.07, 6.45) is 0.230. The lowest BCUT2D eigenvalue weighted by molar-refractivity contribution is -0.385. The number of nitro benzene ring substituents is 1. The van der Waals surface area contributed by atoms with Crippen molar-refractivity contribution in [2.45, 2.75) is 18.7 Å². The summed E-state index contributed by atoms with van der Waals surface area (Å²) >= 11 is 0. The van der Waals surface area contributed by atoms with Crippen LogP contribution < -0.4 is 9.47 Å². The SMILES string of the molecule is COc1ccc(C2=NN3[C@@H](C2)c2cc([N+](=O)[O-])ccc2O[C@H]3c2ccccc2)cc1. The summed E-state index contributed by atoms with van der Waals surface area (Å²) < 4.78 is 11.5. The van der Waals surface area contributed by atoms with E-state index in [0.29, 0.717) is 12.2 Å². The first-order valence-electron chi connectivity index (χ1n) is 9.64. The van der Waals surface area contributed by atoms with Crippen molar-refractivity contribution in [3.05, 3.63) is 99.6 Å². The van der Waals surface area contributed by atoms with Crippen LogP contribution in [0.4, 0.5) is 5.69 Å². The van der Waals surface area contributed by atoms with Gasteiger partial charge in [0.1, 0.15) is 11.5 Å². The second-order valence-electron chi connectivity index (χ2n) is 7.24. The van der Waals surface area contributed by atoms with Crippen molar-refractivity contribution in [2.75, 3.05) is 7.11 Å². The molecule has 7 heteroatoms. The van der Waals surface area contributed by atoms with E-state index in [0.717, 1.165) is 28.2 Å². The molecule has 2 aliphatic heterocycles. The molecule has 30 heavy (non-hydrogen) atoms. The van der Waals surface area contributed by atoms with Gasteiger partial charge in [0.05, 0.1) is 23.8 Å². The Kier molecular flexibility index (Phi) is 4.35. The number of ether oxygens (including phenoxy) is 2. The van der Waals surface area contributed by atoms with Crippen LogP contribution in [0.15, 0.2) is 77.9 Å². The first-order valence-corrected chi connectivity index (χ1v) is 9.64. The Morgan fingerprint density at radius 1 is 1.10 bits per heavy atom. The molecule has 0 unspecified atom stereocenters. The molecule has 2 atom stereocenters. The monoisotopic (exact) mass is 401 g/mol. The van der Waals surface area contributed by atoms with Crippen molar-refractivity contribution in [1.82, 2.24) is 5.01 Å². The van der Waals surface area contributed by atoms with Crippen molar-refractivity contribution in [3.8, 4) is 11.5 Å². The molecule has 0 radical (unpaired) electrons. The number of benzene rings is 3. The number of hydrogen-bond acceptors (Lipinski definition) is 6. The van der Waals surface area contributed by atoms with E-state index in [2.05, 4.69) is 0 Å². The topological polar surface area (TPSA) is 77.2 Å².